The number of aryl methyl sites for hydroxylation is 1. The van der Waals surface area contributed by atoms with Crippen LogP contribution in [0.15, 0.2) is 78.3 Å². The second-order valence-electron chi connectivity index (χ2n) is 9.06. The second-order valence-corrected chi connectivity index (χ2v) is 10.1. The average Bonchev–Trinajstić information content (AvgIpc) is 3.36. The first-order chi connectivity index (χ1) is 19.6. The van der Waals surface area contributed by atoms with Gasteiger partial charge in [0.15, 0.2) is 6.61 Å². The van der Waals surface area contributed by atoms with Crippen LogP contribution in [0.3, 0.4) is 0 Å². The molecule has 0 fully saturated rings. The Morgan fingerprint density at radius 1 is 0.927 bits per heavy atom. The summed E-state index contributed by atoms with van der Waals surface area (Å²) in [6, 6.07) is 15.3. The highest BCUT2D eigenvalue weighted by atomic mass is 32.1. The molecule has 2 amide bonds. The summed E-state index contributed by atoms with van der Waals surface area (Å²) in [5.41, 5.74) is 13.8. The highest BCUT2D eigenvalue weighted by Crippen LogP contribution is 2.20. The van der Waals surface area contributed by atoms with E-state index in [2.05, 4.69) is 20.8 Å². The first kappa shape index (κ1) is 31.1. The third-order valence-electron chi connectivity index (χ3n) is 5.45. The van der Waals surface area contributed by atoms with Gasteiger partial charge in [0.05, 0.1) is 12.8 Å². The minimum atomic E-state index is -4.45. The normalized spacial score (nSPS) is 12.2. The van der Waals surface area contributed by atoms with E-state index < -0.39 is 18.7 Å². The van der Waals surface area contributed by atoms with Gasteiger partial charge < -0.3 is 26.8 Å². The standard InChI is InChI=1S/C28H31F3N6O3S/c29-28(30,31)18-40-22-11-6-9-20(15-22)17-24(38)34-23(33)14-13-21(32)10-4-5-12-26-36-37-27(41-26)35-25(39)16-19-7-2-1-3-8-19/h1-3,6-9,11,13-15H,4-5,10,12,16-18,32-33H2,(H,34,38)(H,35,37,39)/b21-13-,23-14+. The van der Waals surface area contributed by atoms with Crippen molar-refractivity contribution >= 4 is 28.3 Å². The van der Waals surface area contributed by atoms with Gasteiger partial charge in [0.2, 0.25) is 16.9 Å². The quantitative estimate of drug-likeness (QED) is 0.162. The van der Waals surface area contributed by atoms with Crippen LogP contribution in [-0.4, -0.2) is 34.8 Å². The van der Waals surface area contributed by atoms with Gasteiger partial charge in [0.1, 0.15) is 16.6 Å². The number of carbonyl (C=O) groups is 2. The number of halogens is 3. The molecule has 0 aliphatic heterocycles. The van der Waals surface area contributed by atoms with Crippen molar-refractivity contribution in [1.29, 1.82) is 0 Å². The van der Waals surface area contributed by atoms with Crippen molar-refractivity contribution in [3.8, 4) is 5.75 Å². The Bertz CT molecular complexity index is 1360. The number of nitrogens with two attached hydrogens (primary N) is 2. The van der Waals surface area contributed by atoms with Gasteiger partial charge >= 0.3 is 6.18 Å². The lowest BCUT2D eigenvalue weighted by Gasteiger charge is -2.10. The van der Waals surface area contributed by atoms with Crippen LogP contribution in [-0.2, 0) is 28.9 Å². The molecule has 6 N–H and O–H groups in total. The zero-order chi connectivity index (χ0) is 29.7. The molecule has 0 saturated heterocycles. The first-order valence-corrected chi connectivity index (χ1v) is 13.5. The Morgan fingerprint density at radius 2 is 1.66 bits per heavy atom. The molecule has 2 aromatic carbocycles. The molecule has 3 aromatic rings. The molecule has 1 heterocycles. The van der Waals surface area contributed by atoms with Gasteiger partial charge in [-0.15, -0.1) is 10.2 Å². The molecule has 41 heavy (non-hydrogen) atoms. The Morgan fingerprint density at radius 3 is 2.41 bits per heavy atom. The number of nitrogens with one attached hydrogen (secondary N) is 2. The van der Waals surface area contributed by atoms with Crippen molar-refractivity contribution in [2.45, 2.75) is 44.7 Å². The zero-order valence-electron chi connectivity index (χ0n) is 22.1. The minimum Gasteiger partial charge on any atom is -0.484 e. The molecule has 0 bridgehead atoms. The number of allylic oxidation sites excluding steroid dienone is 3. The molecule has 0 radical (unpaired) electrons. The average molecular weight is 589 g/mol. The number of rotatable bonds is 14. The van der Waals surface area contributed by atoms with Crippen molar-refractivity contribution in [2.24, 2.45) is 11.5 Å². The summed E-state index contributed by atoms with van der Waals surface area (Å²) < 4.78 is 41.7. The predicted molar refractivity (Wildman–Crippen MR) is 151 cm³/mol. The number of amides is 2. The summed E-state index contributed by atoms with van der Waals surface area (Å²) in [7, 11) is 0. The van der Waals surface area contributed by atoms with Crippen molar-refractivity contribution < 1.29 is 27.5 Å². The van der Waals surface area contributed by atoms with Gasteiger partial charge in [-0.1, -0.05) is 53.8 Å². The largest absolute Gasteiger partial charge is 0.484 e. The van der Waals surface area contributed by atoms with E-state index in [-0.39, 0.29) is 30.3 Å². The molecule has 3 rings (SSSR count). The molecular formula is C28H31F3N6O3S. The summed E-state index contributed by atoms with van der Waals surface area (Å²) in [6.45, 7) is -1.41. The molecule has 13 heteroatoms. The lowest BCUT2D eigenvalue weighted by molar-refractivity contribution is -0.153. The Kier molecular flexibility index (Phi) is 11.7. The molecule has 0 saturated carbocycles. The topological polar surface area (TPSA) is 145 Å². The van der Waals surface area contributed by atoms with Crippen molar-refractivity contribution in [2.75, 3.05) is 11.9 Å². The summed E-state index contributed by atoms with van der Waals surface area (Å²) in [5.74, 6) is -0.488. The maximum atomic E-state index is 12.3. The van der Waals surface area contributed by atoms with E-state index in [0.29, 0.717) is 29.2 Å². The maximum Gasteiger partial charge on any atom is 0.422 e. The number of benzene rings is 2. The molecule has 1 aromatic heterocycles. The van der Waals surface area contributed by atoms with Crippen LogP contribution < -0.4 is 26.8 Å². The van der Waals surface area contributed by atoms with E-state index in [0.717, 1.165) is 23.4 Å². The fourth-order valence-corrected chi connectivity index (χ4v) is 4.38. The fourth-order valence-electron chi connectivity index (χ4n) is 3.58. The molecule has 0 aliphatic rings. The van der Waals surface area contributed by atoms with Gasteiger partial charge in [-0.3, -0.25) is 9.59 Å². The predicted octanol–water partition coefficient (Wildman–Crippen LogP) is 4.37. The van der Waals surface area contributed by atoms with Gasteiger partial charge in [0.25, 0.3) is 0 Å². The van der Waals surface area contributed by atoms with Crippen LogP contribution in [0.4, 0.5) is 18.3 Å². The van der Waals surface area contributed by atoms with Crippen molar-refractivity contribution in [3.05, 3.63) is 94.4 Å². The Labute approximate surface area is 239 Å². The molecule has 9 nitrogen and oxygen atoms in total. The Balaban J connectivity index is 1.35. The number of unbranched alkanes of at least 4 members (excludes halogenated alkanes) is 1. The minimum absolute atomic E-state index is 0.0176. The lowest BCUT2D eigenvalue weighted by Crippen LogP contribution is -2.28. The molecular weight excluding hydrogens is 557 g/mol. The third-order valence-corrected chi connectivity index (χ3v) is 6.35. The van der Waals surface area contributed by atoms with Crippen molar-refractivity contribution in [3.63, 3.8) is 0 Å². The second kappa shape index (κ2) is 15.4. The van der Waals surface area contributed by atoms with Crippen LogP contribution in [0.2, 0.25) is 0 Å². The number of anilines is 1. The number of hydrogen-bond acceptors (Lipinski definition) is 8. The molecule has 0 atom stereocenters. The van der Waals surface area contributed by atoms with Crippen LogP contribution in [0.1, 0.15) is 35.4 Å². The summed E-state index contributed by atoms with van der Waals surface area (Å²) in [4.78, 5) is 24.4. The van der Waals surface area contributed by atoms with Crippen LogP contribution in [0.25, 0.3) is 0 Å². The fraction of sp³-hybridized carbons (Fsp3) is 0.286. The van der Waals surface area contributed by atoms with Crippen LogP contribution >= 0.6 is 11.3 Å². The van der Waals surface area contributed by atoms with Gasteiger partial charge in [-0.2, -0.15) is 13.2 Å². The first-order valence-electron chi connectivity index (χ1n) is 12.7. The number of alkyl halides is 3. The highest BCUT2D eigenvalue weighted by Gasteiger charge is 2.28. The molecule has 0 aliphatic carbocycles. The lowest BCUT2D eigenvalue weighted by atomic mass is 10.1. The number of nitrogens with zero attached hydrogens (tertiary/aromatic N) is 2. The number of aromatic nitrogens is 2. The van der Waals surface area contributed by atoms with Crippen molar-refractivity contribution in [1.82, 2.24) is 15.5 Å². The van der Waals surface area contributed by atoms with E-state index in [4.69, 9.17) is 16.2 Å². The van der Waals surface area contributed by atoms with E-state index in [1.54, 1.807) is 12.1 Å². The Hall–Kier alpha value is -4.39. The number of ether oxygens (including phenoxy) is 1. The SMILES string of the molecule is N/C(=C\C=C(/N)NC(=O)Cc1cccc(OCC(F)(F)F)c1)CCCCc1nnc(NC(=O)Cc2ccccc2)s1. The molecule has 218 valence electrons. The monoisotopic (exact) mass is 588 g/mol. The van der Waals surface area contributed by atoms with Gasteiger partial charge in [-0.25, -0.2) is 0 Å². The third kappa shape index (κ3) is 12.6. The number of hydrogen-bond donors (Lipinski definition) is 4. The van der Waals surface area contributed by atoms with Crippen LogP contribution in [0, 0.1) is 0 Å². The smallest absolute Gasteiger partial charge is 0.422 e. The van der Waals surface area contributed by atoms with Crippen LogP contribution in [0.5, 0.6) is 5.75 Å². The summed E-state index contributed by atoms with van der Waals surface area (Å²) >= 11 is 1.34. The van der Waals surface area contributed by atoms with E-state index >= 15 is 0 Å². The maximum absolute atomic E-state index is 12.3. The highest BCUT2D eigenvalue weighted by molar-refractivity contribution is 7.15. The zero-order valence-corrected chi connectivity index (χ0v) is 22.9. The van der Waals surface area contributed by atoms with E-state index in [9.17, 15) is 22.8 Å². The van der Waals surface area contributed by atoms with Gasteiger partial charge in [-0.05, 0) is 54.7 Å². The van der Waals surface area contributed by atoms with E-state index in [1.807, 2.05) is 30.3 Å². The van der Waals surface area contributed by atoms with E-state index in [1.165, 1.54) is 35.6 Å². The molecule has 0 unspecified atom stereocenters. The summed E-state index contributed by atoms with van der Waals surface area (Å²) in [6.07, 6.45) is 1.68. The number of carbonyl (C=O) groups excluding carboxylic acids is 2. The van der Waals surface area contributed by atoms with Gasteiger partial charge in [0, 0.05) is 12.1 Å². The molecule has 0 spiro atoms. The summed E-state index contributed by atoms with van der Waals surface area (Å²) in [5, 5.41) is 14.7.